The van der Waals surface area contributed by atoms with Gasteiger partial charge in [0.05, 0.1) is 17.7 Å². The van der Waals surface area contributed by atoms with E-state index in [1.165, 1.54) is 0 Å². The molecule has 5 nitrogen and oxygen atoms in total. The van der Waals surface area contributed by atoms with Crippen LogP contribution < -0.4 is 4.74 Å². The number of hydrogen-bond acceptors (Lipinski definition) is 6. The van der Waals surface area contributed by atoms with Crippen molar-refractivity contribution in [3.8, 4) is 22.2 Å². The van der Waals surface area contributed by atoms with E-state index in [9.17, 15) is 5.11 Å². The molecular weight excluding hydrogens is 334 g/mol. The molecule has 0 aliphatic carbocycles. The maximum Gasteiger partial charge on any atom is 0.169 e. The zero-order valence-corrected chi connectivity index (χ0v) is 14.8. The van der Waals surface area contributed by atoms with Crippen LogP contribution in [0.15, 0.2) is 41.9 Å². The lowest BCUT2D eigenvalue weighted by Gasteiger charge is -2.28. The topological polar surface area (TPSA) is 58.5 Å². The number of aromatic hydroxyl groups is 1. The van der Waals surface area contributed by atoms with Crippen molar-refractivity contribution < 1.29 is 9.84 Å². The van der Waals surface area contributed by atoms with Gasteiger partial charge in [0.15, 0.2) is 5.82 Å². The lowest BCUT2D eigenvalue weighted by Crippen LogP contribution is -2.31. The highest BCUT2D eigenvalue weighted by Gasteiger charge is 2.20. The van der Waals surface area contributed by atoms with Gasteiger partial charge in [-0.05, 0) is 29.6 Å². The number of nitrogens with zero attached hydrogens (tertiary/aromatic N) is 3. The Morgan fingerprint density at radius 2 is 2.24 bits per heavy atom. The van der Waals surface area contributed by atoms with Crippen molar-refractivity contribution in [2.24, 2.45) is 0 Å². The van der Waals surface area contributed by atoms with E-state index in [2.05, 4.69) is 9.88 Å². The third-order valence-electron chi connectivity index (χ3n) is 4.44. The molecule has 0 unspecified atom stereocenters. The summed E-state index contributed by atoms with van der Waals surface area (Å²) in [6.45, 7) is 2.37. The largest absolute Gasteiger partial charge is 0.508 e. The van der Waals surface area contributed by atoms with Gasteiger partial charge in [-0.15, -0.1) is 11.3 Å². The highest BCUT2D eigenvalue weighted by atomic mass is 32.1. The molecule has 0 fully saturated rings. The van der Waals surface area contributed by atoms with Gasteiger partial charge < -0.3 is 9.84 Å². The van der Waals surface area contributed by atoms with Crippen molar-refractivity contribution >= 4 is 11.3 Å². The molecule has 2 aromatic heterocycles. The zero-order valence-electron chi connectivity index (χ0n) is 14.0. The average molecular weight is 353 g/mol. The second-order valence-electron chi connectivity index (χ2n) is 6.10. The summed E-state index contributed by atoms with van der Waals surface area (Å²) < 4.78 is 5.26. The van der Waals surface area contributed by atoms with Crippen LogP contribution >= 0.6 is 11.3 Å². The minimum atomic E-state index is 0.302. The number of benzene rings is 1. The molecule has 128 valence electrons. The first-order valence-corrected chi connectivity index (χ1v) is 9.08. The Labute approximate surface area is 150 Å². The number of aromatic nitrogens is 2. The average Bonchev–Trinajstić information content (AvgIpc) is 3.18. The van der Waals surface area contributed by atoms with Gasteiger partial charge in [-0.2, -0.15) is 0 Å². The minimum Gasteiger partial charge on any atom is -0.508 e. The molecule has 0 amide bonds. The molecule has 1 N–H and O–H groups in total. The smallest absolute Gasteiger partial charge is 0.169 e. The minimum absolute atomic E-state index is 0.302. The molecule has 0 radical (unpaired) electrons. The lowest BCUT2D eigenvalue weighted by molar-refractivity contribution is 0.239. The third kappa shape index (κ3) is 3.36. The molecule has 1 aliphatic rings. The summed E-state index contributed by atoms with van der Waals surface area (Å²) in [5.74, 6) is 1.87. The maximum atomic E-state index is 10.1. The van der Waals surface area contributed by atoms with E-state index in [1.54, 1.807) is 30.6 Å². The Kier molecular flexibility index (Phi) is 4.38. The summed E-state index contributed by atoms with van der Waals surface area (Å²) in [5.41, 5.74) is 3.16. The van der Waals surface area contributed by atoms with E-state index in [4.69, 9.17) is 9.72 Å². The van der Waals surface area contributed by atoms with E-state index < -0.39 is 0 Å². The van der Waals surface area contributed by atoms with Crippen LogP contribution in [0.3, 0.4) is 0 Å². The van der Waals surface area contributed by atoms with E-state index in [-0.39, 0.29) is 0 Å². The third-order valence-corrected chi connectivity index (χ3v) is 5.30. The summed E-state index contributed by atoms with van der Waals surface area (Å²) in [7, 11) is 1.63. The second-order valence-corrected chi connectivity index (χ2v) is 7.05. The van der Waals surface area contributed by atoms with Crippen molar-refractivity contribution in [2.75, 3.05) is 13.7 Å². The number of thiophene rings is 1. The number of fused-ring (bicyclic) bond motifs is 1. The molecule has 0 spiro atoms. The Bertz CT molecular complexity index is 880. The first kappa shape index (κ1) is 16.1. The molecule has 3 aromatic rings. The normalized spacial score (nSPS) is 14.3. The van der Waals surface area contributed by atoms with Crippen molar-refractivity contribution in [3.63, 3.8) is 0 Å². The molecule has 3 heterocycles. The van der Waals surface area contributed by atoms with E-state index >= 15 is 0 Å². The number of phenols is 1. The summed E-state index contributed by atoms with van der Waals surface area (Å²) >= 11 is 1.66. The van der Waals surface area contributed by atoms with Gasteiger partial charge in [-0.3, -0.25) is 4.90 Å². The van der Waals surface area contributed by atoms with E-state index in [0.29, 0.717) is 12.3 Å². The molecule has 1 aromatic carbocycles. The number of phenolic OH excluding ortho intramolecular Hbond substituents is 1. The molecule has 0 atom stereocenters. The fourth-order valence-electron chi connectivity index (χ4n) is 3.09. The fourth-order valence-corrected chi connectivity index (χ4v) is 3.76. The number of methoxy groups -OCH3 is 1. The van der Waals surface area contributed by atoms with Crippen LogP contribution in [-0.2, 0) is 19.5 Å². The zero-order chi connectivity index (χ0) is 17.2. The summed E-state index contributed by atoms with van der Waals surface area (Å²) in [6, 6.07) is 9.41. The molecule has 0 bridgehead atoms. The Hall–Kier alpha value is -2.44. The van der Waals surface area contributed by atoms with Crippen LogP contribution in [-0.4, -0.2) is 33.6 Å². The number of ether oxygens (including phenoxy) is 1. The SMILES string of the molecule is COc1ccc(O)c(CN2CCc3nc(-c4cccs4)ncc3C2)c1. The lowest BCUT2D eigenvalue weighted by atomic mass is 10.1. The molecule has 0 saturated heterocycles. The molecule has 25 heavy (non-hydrogen) atoms. The monoisotopic (exact) mass is 353 g/mol. The summed E-state index contributed by atoms with van der Waals surface area (Å²) in [4.78, 5) is 12.7. The first-order chi connectivity index (χ1) is 12.2. The molecule has 1 aliphatic heterocycles. The van der Waals surface area contributed by atoms with Crippen LogP contribution in [0.1, 0.15) is 16.8 Å². The van der Waals surface area contributed by atoms with Gasteiger partial charge in [-0.25, -0.2) is 9.97 Å². The predicted molar refractivity (Wildman–Crippen MR) is 97.8 cm³/mol. The highest BCUT2D eigenvalue weighted by Crippen LogP contribution is 2.28. The van der Waals surface area contributed by atoms with Gasteiger partial charge in [0.25, 0.3) is 0 Å². The van der Waals surface area contributed by atoms with Gasteiger partial charge >= 0.3 is 0 Å². The predicted octanol–water partition coefficient (Wildman–Crippen LogP) is 3.48. The van der Waals surface area contributed by atoms with Crippen molar-refractivity contribution in [1.82, 2.24) is 14.9 Å². The van der Waals surface area contributed by atoms with Gasteiger partial charge in [0, 0.05) is 43.4 Å². The Balaban J connectivity index is 1.52. The highest BCUT2D eigenvalue weighted by molar-refractivity contribution is 7.13. The maximum absolute atomic E-state index is 10.1. The molecular formula is C19H19N3O2S. The van der Waals surface area contributed by atoms with Crippen LogP contribution in [0, 0.1) is 0 Å². The van der Waals surface area contributed by atoms with E-state index in [1.807, 2.05) is 29.8 Å². The van der Waals surface area contributed by atoms with Crippen LogP contribution in [0.4, 0.5) is 0 Å². The molecule has 0 saturated carbocycles. The van der Waals surface area contributed by atoms with Gasteiger partial charge in [-0.1, -0.05) is 6.07 Å². The van der Waals surface area contributed by atoms with Crippen LogP contribution in [0.2, 0.25) is 0 Å². The fraction of sp³-hybridized carbons (Fsp3) is 0.263. The molecule has 6 heteroatoms. The first-order valence-electron chi connectivity index (χ1n) is 8.20. The van der Waals surface area contributed by atoms with Crippen LogP contribution in [0.25, 0.3) is 10.7 Å². The van der Waals surface area contributed by atoms with Crippen molar-refractivity contribution in [3.05, 3.63) is 58.7 Å². The standard InChI is InChI=1S/C19H19N3O2S/c1-24-15-4-5-17(23)13(9-15)11-22-7-6-16-14(12-22)10-20-19(21-16)18-3-2-8-25-18/h2-5,8-10,23H,6-7,11-12H2,1H3. The number of hydrogen-bond donors (Lipinski definition) is 1. The number of rotatable bonds is 4. The Morgan fingerprint density at radius 1 is 1.32 bits per heavy atom. The van der Waals surface area contributed by atoms with Crippen molar-refractivity contribution in [2.45, 2.75) is 19.5 Å². The summed E-state index contributed by atoms with van der Waals surface area (Å²) in [6.07, 6.45) is 2.83. The summed E-state index contributed by atoms with van der Waals surface area (Å²) in [5, 5.41) is 12.1. The van der Waals surface area contributed by atoms with Crippen molar-refractivity contribution in [1.29, 1.82) is 0 Å². The molecule has 4 rings (SSSR count). The van der Waals surface area contributed by atoms with Crippen LogP contribution in [0.5, 0.6) is 11.5 Å². The second kappa shape index (κ2) is 6.82. The van der Waals surface area contributed by atoms with Gasteiger partial charge in [0.2, 0.25) is 0 Å². The van der Waals surface area contributed by atoms with E-state index in [0.717, 1.165) is 52.8 Å². The van der Waals surface area contributed by atoms with Gasteiger partial charge in [0.1, 0.15) is 11.5 Å². The Morgan fingerprint density at radius 3 is 3.04 bits per heavy atom. The quantitative estimate of drug-likeness (QED) is 0.778.